The van der Waals surface area contributed by atoms with Crippen LogP contribution in [0.5, 0.6) is 0 Å². The van der Waals surface area contributed by atoms with Gasteiger partial charge in [0.15, 0.2) is 0 Å². The molecule has 0 aliphatic carbocycles. The molecule has 0 aromatic heterocycles. The number of hydrogen-bond donors (Lipinski definition) is 7. The van der Waals surface area contributed by atoms with Crippen LogP contribution in [0.2, 0.25) is 0 Å². The molecule has 0 saturated heterocycles. The average molecular weight is 614 g/mol. The number of aliphatic hydroxyl groups is 4. The molecule has 16 nitrogen and oxygen atoms in total. The summed E-state index contributed by atoms with van der Waals surface area (Å²) in [5.41, 5.74) is 11.9. The first-order chi connectivity index (χ1) is 20.7. The molecule has 0 bridgehead atoms. The molecule has 0 saturated carbocycles. The summed E-state index contributed by atoms with van der Waals surface area (Å²) in [5, 5.41) is 39.7. The fourth-order valence-corrected chi connectivity index (χ4v) is 3.53. The van der Waals surface area contributed by atoms with E-state index < -0.39 is 0 Å². The monoisotopic (exact) mass is 613 g/mol. The Morgan fingerprint density at radius 3 is 1.88 bits per heavy atom. The summed E-state index contributed by atoms with van der Waals surface area (Å²) in [7, 11) is 0. The Kier molecular flexibility index (Phi) is 31.7. The highest BCUT2D eigenvalue weighted by molar-refractivity contribution is 6.43. The maximum Gasteiger partial charge on any atom is 0.137 e. The highest BCUT2D eigenvalue weighted by Gasteiger charge is 2.22. The van der Waals surface area contributed by atoms with Gasteiger partial charge in [0.1, 0.15) is 6.73 Å². The molecule has 0 rings (SSSR count). The van der Waals surface area contributed by atoms with Gasteiger partial charge in [-0.2, -0.15) is 0 Å². The molecule has 2 unspecified atom stereocenters. The van der Waals surface area contributed by atoms with Gasteiger partial charge in [0, 0.05) is 19.2 Å². The summed E-state index contributed by atoms with van der Waals surface area (Å²) in [5.74, 6) is 0.0349. The van der Waals surface area contributed by atoms with E-state index >= 15 is 0 Å². The van der Waals surface area contributed by atoms with Crippen LogP contribution in [-0.2, 0) is 33.2 Å². The van der Waals surface area contributed by atoms with Gasteiger partial charge in [0.05, 0.1) is 124 Å². The molecule has 0 aliphatic heterocycles. The molecule has 0 spiro atoms. The fraction of sp³-hybridized carbons (Fsp3) is 0.923. The van der Waals surface area contributed by atoms with Crippen molar-refractivity contribution in [3.8, 4) is 0 Å². The maximum absolute atomic E-state index is 9.12. The van der Waals surface area contributed by atoms with Gasteiger partial charge >= 0.3 is 0 Å². The Morgan fingerprint density at radius 1 is 0.643 bits per heavy atom. The molecule has 42 heavy (non-hydrogen) atoms. The molecule has 0 fully saturated rings. The van der Waals surface area contributed by atoms with Crippen molar-refractivity contribution in [3.63, 3.8) is 0 Å². The third-order valence-corrected chi connectivity index (χ3v) is 5.53. The SMILES string of the molecule is NCCOCN=C(COCCO)C(COCCO)=NCCOCNC(COCCO)C(CCCOCN)COCCO. The second kappa shape index (κ2) is 32.7. The minimum Gasteiger partial charge on any atom is -0.394 e. The third kappa shape index (κ3) is 24.2. The van der Waals surface area contributed by atoms with E-state index in [-0.39, 0.29) is 105 Å². The summed E-state index contributed by atoms with van der Waals surface area (Å²) in [6.45, 7) is 3.47. The molecule has 0 aliphatic rings. The molecule has 0 amide bonds. The molecule has 250 valence electrons. The smallest absolute Gasteiger partial charge is 0.137 e. The van der Waals surface area contributed by atoms with Crippen LogP contribution in [0.1, 0.15) is 12.8 Å². The summed E-state index contributed by atoms with van der Waals surface area (Å²) in [6.07, 6.45) is 1.53. The average Bonchev–Trinajstić information content (AvgIpc) is 3.00. The Hall–Kier alpha value is -1.22. The first-order valence-electron chi connectivity index (χ1n) is 14.4. The maximum atomic E-state index is 9.12. The topological polar surface area (TPSA) is 234 Å². The predicted octanol–water partition coefficient (Wildman–Crippen LogP) is -2.90. The lowest BCUT2D eigenvalue weighted by atomic mass is 9.96. The van der Waals surface area contributed by atoms with Crippen molar-refractivity contribution in [2.45, 2.75) is 18.9 Å². The van der Waals surface area contributed by atoms with E-state index in [1.807, 2.05) is 0 Å². The van der Waals surface area contributed by atoms with Crippen molar-refractivity contribution in [3.05, 3.63) is 0 Å². The second-order valence-corrected chi connectivity index (χ2v) is 8.75. The van der Waals surface area contributed by atoms with Crippen molar-refractivity contribution in [1.29, 1.82) is 0 Å². The molecular formula is C26H55N5O11. The van der Waals surface area contributed by atoms with Crippen LogP contribution in [0.4, 0.5) is 0 Å². The third-order valence-electron chi connectivity index (χ3n) is 5.53. The first kappa shape index (κ1) is 40.8. The number of nitrogens with zero attached hydrogens (tertiary/aromatic N) is 2. The van der Waals surface area contributed by atoms with E-state index in [0.29, 0.717) is 50.9 Å². The zero-order valence-corrected chi connectivity index (χ0v) is 24.9. The molecule has 0 aromatic rings. The lowest BCUT2D eigenvalue weighted by Crippen LogP contribution is -2.43. The van der Waals surface area contributed by atoms with Gasteiger partial charge in [-0.15, -0.1) is 0 Å². The van der Waals surface area contributed by atoms with E-state index in [0.717, 1.165) is 12.8 Å². The van der Waals surface area contributed by atoms with Gasteiger partial charge in [-0.3, -0.25) is 15.3 Å². The van der Waals surface area contributed by atoms with Crippen molar-refractivity contribution >= 4 is 11.4 Å². The zero-order chi connectivity index (χ0) is 30.9. The molecule has 0 radical (unpaired) electrons. The molecular weight excluding hydrogens is 558 g/mol. The Morgan fingerprint density at radius 2 is 1.26 bits per heavy atom. The quantitative estimate of drug-likeness (QED) is 0.0223. The number of nitrogens with two attached hydrogens (primary N) is 2. The lowest BCUT2D eigenvalue weighted by Gasteiger charge is -2.28. The molecule has 9 N–H and O–H groups in total. The number of ether oxygens (including phenoxy) is 7. The number of aliphatic hydroxyl groups excluding tert-OH is 4. The van der Waals surface area contributed by atoms with Crippen LogP contribution in [0.15, 0.2) is 9.98 Å². The fourth-order valence-electron chi connectivity index (χ4n) is 3.53. The predicted molar refractivity (Wildman–Crippen MR) is 157 cm³/mol. The van der Waals surface area contributed by atoms with Crippen molar-refractivity contribution in [2.75, 3.05) is 132 Å². The van der Waals surface area contributed by atoms with Crippen molar-refractivity contribution in [1.82, 2.24) is 5.32 Å². The van der Waals surface area contributed by atoms with Crippen molar-refractivity contribution < 1.29 is 53.6 Å². The summed E-state index contributed by atoms with van der Waals surface area (Å²) in [6, 6.07) is -0.144. The van der Waals surface area contributed by atoms with Gasteiger partial charge < -0.3 is 65.1 Å². The first-order valence-corrected chi connectivity index (χ1v) is 14.4. The highest BCUT2D eigenvalue weighted by atomic mass is 16.5. The van der Waals surface area contributed by atoms with Crippen molar-refractivity contribution in [2.24, 2.45) is 27.4 Å². The zero-order valence-electron chi connectivity index (χ0n) is 24.9. The number of aliphatic imine (C=N–C) groups is 2. The van der Waals surface area contributed by atoms with Crippen LogP contribution in [0.25, 0.3) is 0 Å². The summed E-state index contributed by atoms with van der Waals surface area (Å²) in [4.78, 5) is 8.98. The van der Waals surface area contributed by atoms with Gasteiger partial charge in [-0.05, 0) is 18.8 Å². The second-order valence-electron chi connectivity index (χ2n) is 8.75. The van der Waals surface area contributed by atoms with Crippen LogP contribution in [0, 0.1) is 5.92 Å². The Labute approximate surface area is 249 Å². The largest absolute Gasteiger partial charge is 0.394 e. The number of nitrogens with one attached hydrogen (secondary N) is 1. The van der Waals surface area contributed by atoms with E-state index in [2.05, 4.69) is 15.3 Å². The number of rotatable bonds is 33. The van der Waals surface area contributed by atoms with Crippen LogP contribution >= 0.6 is 0 Å². The van der Waals surface area contributed by atoms with Crippen LogP contribution in [-0.4, -0.2) is 170 Å². The van der Waals surface area contributed by atoms with E-state index in [1.54, 1.807) is 0 Å². The van der Waals surface area contributed by atoms with E-state index in [9.17, 15) is 0 Å². The summed E-state index contributed by atoms with van der Waals surface area (Å²) < 4.78 is 38.5. The van der Waals surface area contributed by atoms with Gasteiger partial charge in [-0.25, -0.2) is 0 Å². The normalized spacial score (nSPS) is 14.0. The standard InChI is InChI=1S/C26H55N5O11/c27-3-10-41-22-31-26(19-39-15-8-35)25(18-38-14-7-34)29-4-11-42-21-30-24(17-37-13-6-33)23(16-36-12-5-32)2-1-9-40-20-28/h23-24,30,32-35H,1-22,27-28H2. The van der Waals surface area contributed by atoms with Gasteiger partial charge in [0.25, 0.3) is 0 Å². The Bertz CT molecular complexity index is 635. The van der Waals surface area contributed by atoms with Gasteiger partial charge in [0.2, 0.25) is 0 Å². The van der Waals surface area contributed by atoms with Crippen LogP contribution in [0.3, 0.4) is 0 Å². The Balaban J connectivity index is 5.18. The number of hydrogen-bond acceptors (Lipinski definition) is 16. The minimum absolute atomic E-state index is 0.0349. The lowest BCUT2D eigenvalue weighted by molar-refractivity contribution is 0.00879. The highest BCUT2D eigenvalue weighted by Crippen LogP contribution is 2.14. The molecule has 16 heteroatoms. The summed E-state index contributed by atoms with van der Waals surface area (Å²) >= 11 is 0. The minimum atomic E-state index is -0.144. The van der Waals surface area contributed by atoms with E-state index in [4.69, 9.17) is 65.1 Å². The molecule has 2 atom stereocenters. The molecule has 0 aromatic carbocycles. The molecule has 0 heterocycles. The van der Waals surface area contributed by atoms with Gasteiger partial charge in [-0.1, -0.05) is 0 Å². The van der Waals surface area contributed by atoms with E-state index in [1.165, 1.54) is 0 Å². The van der Waals surface area contributed by atoms with Crippen LogP contribution < -0.4 is 16.8 Å².